The quantitative estimate of drug-likeness (QED) is 0.331. The second-order valence-electron chi connectivity index (χ2n) is 5.19. The van der Waals surface area contributed by atoms with Gasteiger partial charge in [0, 0.05) is 33.6 Å². The van der Waals surface area contributed by atoms with Crippen molar-refractivity contribution in [3.05, 3.63) is 58.9 Å². The van der Waals surface area contributed by atoms with Crippen LogP contribution in [0.15, 0.2) is 48.8 Å². The predicted octanol–water partition coefficient (Wildman–Crippen LogP) is 4.08. The summed E-state index contributed by atoms with van der Waals surface area (Å²) >= 11 is 1.49. The summed E-state index contributed by atoms with van der Waals surface area (Å²) in [6.07, 6.45) is 1.45. The van der Waals surface area contributed by atoms with Crippen LogP contribution in [0.4, 0.5) is 22.9 Å². The molecule has 0 aliphatic heterocycles. The number of nitrogens with two attached hydrogens (primary N) is 1. The van der Waals surface area contributed by atoms with E-state index >= 15 is 0 Å². The fourth-order valence-corrected chi connectivity index (χ4v) is 3.60. The van der Waals surface area contributed by atoms with Gasteiger partial charge in [0.05, 0.1) is 15.1 Å². The molecule has 0 atom stereocenters. The van der Waals surface area contributed by atoms with Crippen LogP contribution in [-0.2, 0) is 0 Å². The molecule has 0 unspecified atom stereocenters. The number of hydrogen-bond donors (Lipinski definition) is 2. The molecule has 8 heteroatoms. The second-order valence-corrected chi connectivity index (χ2v) is 6.24. The first-order valence-corrected chi connectivity index (χ1v) is 7.88. The Bertz CT molecular complexity index is 1090. The van der Waals surface area contributed by atoms with Crippen molar-refractivity contribution >= 4 is 54.5 Å². The first kappa shape index (κ1) is 14.3. The number of fused-ring (bicyclic) bond motifs is 3. The molecule has 0 saturated heterocycles. The lowest BCUT2D eigenvalue weighted by molar-refractivity contribution is -0.384. The molecule has 0 aliphatic carbocycles. The minimum absolute atomic E-state index is 0.0474. The number of nitro groups is 1. The van der Waals surface area contributed by atoms with Crippen molar-refractivity contribution < 1.29 is 4.92 Å². The van der Waals surface area contributed by atoms with E-state index in [0.717, 1.165) is 20.5 Å². The average molecular weight is 337 g/mol. The van der Waals surface area contributed by atoms with Gasteiger partial charge in [-0.3, -0.25) is 10.1 Å². The lowest BCUT2D eigenvalue weighted by Crippen LogP contribution is -1.95. The van der Waals surface area contributed by atoms with Crippen LogP contribution in [-0.4, -0.2) is 14.9 Å². The van der Waals surface area contributed by atoms with Gasteiger partial charge in [-0.15, -0.1) is 11.3 Å². The fraction of sp³-hybridized carbons (Fsp3) is 0. The molecule has 0 aliphatic rings. The molecule has 4 rings (SSSR count). The van der Waals surface area contributed by atoms with E-state index in [1.807, 2.05) is 18.2 Å². The van der Waals surface area contributed by atoms with Gasteiger partial charge < -0.3 is 11.1 Å². The molecule has 0 amide bonds. The Balaban J connectivity index is 1.88. The topological polar surface area (TPSA) is 107 Å². The lowest BCUT2D eigenvalue weighted by atomic mass is 10.2. The largest absolute Gasteiger partial charge is 0.399 e. The molecular weight excluding hydrogens is 326 g/mol. The van der Waals surface area contributed by atoms with Crippen LogP contribution in [0.5, 0.6) is 0 Å². The molecule has 24 heavy (non-hydrogen) atoms. The van der Waals surface area contributed by atoms with Gasteiger partial charge >= 0.3 is 0 Å². The van der Waals surface area contributed by atoms with E-state index in [9.17, 15) is 10.1 Å². The van der Waals surface area contributed by atoms with Crippen LogP contribution < -0.4 is 11.1 Å². The summed E-state index contributed by atoms with van der Waals surface area (Å²) in [7, 11) is 0. The van der Waals surface area contributed by atoms with Crippen LogP contribution in [0.3, 0.4) is 0 Å². The van der Waals surface area contributed by atoms with E-state index in [1.54, 1.807) is 18.2 Å². The SMILES string of the molecule is Nc1cccc(Nc2ncnc3c2sc2ccc([N+](=O)[O-])cc23)c1. The summed E-state index contributed by atoms with van der Waals surface area (Å²) in [5.74, 6) is 0.648. The molecule has 0 fully saturated rings. The number of thiophene rings is 1. The lowest BCUT2D eigenvalue weighted by Gasteiger charge is -2.06. The molecule has 0 radical (unpaired) electrons. The van der Waals surface area contributed by atoms with Gasteiger partial charge in [-0.25, -0.2) is 9.97 Å². The van der Waals surface area contributed by atoms with E-state index in [2.05, 4.69) is 15.3 Å². The minimum Gasteiger partial charge on any atom is -0.399 e. The molecule has 2 aromatic heterocycles. The van der Waals surface area contributed by atoms with Crippen molar-refractivity contribution in [2.24, 2.45) is 0 Å². The Hall–Kier alpha value is -3.26. The van der Waals surface area contributed by atoms with Gasteiger partial charge in [-0.1, -0.05) is 6.07 Å². The van der Waals surface area contributed by atoms with Crippen molar-refractivity contribution in [2.45, 2.75) is 0 Å². The number of anilines is 3. The molecule has 3 N–H and O–H groups in total. The normalized spacial score (nSPS) is 11.0. The number of nitrogen functional groups attached to an aromatic ring is 1. The average Bonchev–Trinajstić information content (AvgIpc) is 2.94. The summed E-state index contributed by atoms with van der Waals surface area (Å²) in [6, 6.07) is 12.1. The van der Waals surface area contributed by atoms with E-state index < -0.39 is 4.92 Å². The molecule has 0 bridgehead atoms. The highest BCUT2D eigenvalue weighted by molar-refractivity contribution is 7.26. The summed E-state index contributed by atoms with van der Waals surface area (Å²) in [5.41, 5.74) is 8.01. The number of non-ortho nitro benzene ring substituents is 1. The number of hydrogen-bond acceptors (Lipinski definition) is 7. The Labute approximate surface area is 139 Å². The van der Waals surface area contributed by atoms with Crippen LogP contribution in [0.1, 0.15) is 0 Å². The van der Waals surface area contributed by atoms with Crippen LogP contribution >= 0.6 is 11.3 Å². The number of rotatable bonds is 3. The summed E-state index contributed by atoms with van der Waals surface area (Å²) in [5, 5.41) is 15.0. The number of aromatic nitrogens is 2. The Morgan fingerprint density at radius 2 is 2.04 bits per heavy atom. The summed E-state index contributed by atoms with van der Waals surface area (Å²) in [4.78, 5) is 19.2. The monoisotopic (exact) mass is 337 g/mol. The van der Waals surface area contributed by atoms with E-state index in [1.165, 1.54) is 23.7 Å². The number of benzene rings is 2. The molecule has 2 aromatic carbocycles. The van der Waals surface area contributed by atoms with E-state index in [-0.39, 0.29) is 5.69 Å². The fourth-order valence-electron chi connectivity index (χ4n) is 2.52. The van der Waals surface area contributed by atoms with Gasteiger partial charge in [0.1, 0.15) is 6.33 Å². The predicted molar refractivity (Wildman–Crippen MR) is 95.7 cm³/mol. The maximum Gasteiger partial charge on any atom is 0.270 e. The molecule has 4 aromatic rings. The maximum atomic E-state index is 11.0. The zero-order valence-corrected chi connectivity index (χ0v) is 13.1. The van der Waals surface area contributed by atoms with E-state index in [4.69, 9.17) is 5.73 Å². The standard InChI is InChI=1S/C16H11N5O2S/c17-9-2-1-3-10(6-9)20-16-15-14(18-8-19-16)12-7-11(21(22)23)4-5-13(12)24-15/h1-8H,17H2,(H,18,19,20). The van der Waals surface area contributed by atoms with Crippen molar-refractivity contribution in [1.82, 2.24) is 9.97 Å². The smallest absolute Gasteiger partial charge is 0.270 e. The number of nitrogens with one attached hydrogen (secondary N) is 1. The molecule has 118 valence electrons. The third kappa shape index (κ3) is 2.38. The third-order valence-corrected chi connectivity index (χ3v) is 4.76. The van der Waals surface area contributed by atoms with Crippen molar-refractivity contribution in [3.63, 3.8) is 0 Å². The summed E-state index contributed by atoms with van der Waals surface area (Å²) < 4.78 is 1.77. The highest BCUT2D eigenvalue weighted by Crippen LogP contribution is 2.38. The highest BCUT2D eigenvalue weighted by atomic mass is 32.1. The third-order valence-electron chi connectivity index (χ3n) is 3.59. The molecule has 7 nitrogen and oxygen atoms in total. The van der Waals surface area contributed by atoms with Gasteiger partial charge in [-0.2, -0.15) is 0 Å². The van der Waals surface area contributed by atoms with E-state index in [0.29, 0.717) is 17.0 Å². The number of nitrogens with zero attached hydrogens (tertiary/aromatic N) is 3. The first-order chi connectivity index (χ1) is 11.6. The van der Waals surface area contributed by atoms with Crippen molar-refractivity contribution in [2.75, 3.05) is 11.1 Å². The van der Waals surface area contributed by atoms with Gasteiger partial charge in [0.15, 0.2) is 5.82 Å². The zero-order valence-electron chi connectivity index (χ0n) is 12.3. The Kier molecular flexibility index (Phi) is 3.24. The second kappa shape index (κ2) is 5.43. The van der Waals surface area contributed by atoms with Gasteiger partial charge in [0.2, 0.25) is 0 Å². The zero-order chi connectivity index (χ0) is 16.7. The van der Waals surface area contributed by atoms with Gasteiger partial charge in [0.25, 0.3) is 5.69 Å². The van der Waals surface area contributed by atoms with Crippen molar-refractivity contribution in [3.8, 4) is 0 Å². The molecule has 0 saturated carbocycles. The molecule has 2 heterocycles. The van der Waals surface area contributed by atoms with Crippen LogP contribution in [0.2, 0.25) is 0 Å². The summed E-state index contributed by atoms with van der Waals surface area (Å²) in [6.45, 7) is 0. The molecular formula is C16H11N5O2S. The maximum absolute atomic E-state index is 11.0. The Morgan fingerprint density at radius 3 is 2.83 bits per heavy atom. The molecule has 0 spiro atoms. The van der Waals surface area contributed by atoms with Gasteiger partial charge in [-0.05, 0) is 24.3 Å². The number of nitro benzene ring substituents is 1. The Morgan fingerprint density at radius 1 is 1.17 bits per heavy atom. The first-order valence-electron chi connectivity index (χ1n) is 7.06. The highest BCUT2D eigenvalue weighted by Gasteiger charge is 2.15. The van der Waals surface area contributed by atoms with Crippen molar-refractivity contribution in [1.29, 1.82) is 0 Å². The minimum atomic E-state index is -0.407. The van der Waals surface area contributed by atoms with Crippen LogP contribution in [0, 0.1) is 10.1 Å². The van der Waals surface area contributed by atoms with Crippen LogP contribution in [0.25, 0.3) is 20.3 Å².